The number of urea groups is 1. The van der Waals surface area contributed by atoms with Crippen molar-refractivity contribution in [3.63, 3.8) is 0 Å². The average molecular weight is 391 g/mol. The number of hydrogen-bond donors (Lipinski definition) is 3. The maximum atomic E-state index is 11.6. The quantitative estimate of drug-likeness (QED) is 0.688. The fraction of sp³-hybridized carbons (Fsp3) is 0. The second-order valence-corrected chi connectivity index (χ2v) is 5.22. The van der Waals surface area contributed by atoms with Crippen molar-refractivity contribution in [3.8, 4) is 0 Å². The van der Waals surface area contributed by atoms with Crippen molar-refractivity contribution in [3.05, 3.63) is 27.3 Å². The predicted molar refractivity (Wildman–Crippen MR) is 76.5 cm³/mol. The number of nitrogens with zero attached hydrogens (tertiary/aromatic N) is 3. The Morgan fingerprint density at radius 2 is 2.11 bits per heavy atom. The number of rotatable bonds is 3. The number of carbonyl (C=O) groups is 2. The summed E-state index contributed by atoms with van der Waals surface area (Å²) in [6, 6.07) is 4.06. The first-order valence-electron chi connectivity index (χ1n) is 4.82. The first kappa shape index (κ1) is 13.6. The van der Waals surface area contributed by atoms with E-state index in [1.807, 2.05) is 22.6 Å². The smallest absolute Gasteiger partial charge is 0.337 e. The van der Waals surface area contributed by atoms with Crippen LogP contribution in [0.25, 0.3) is 0 Å². The maximum absolute atomic E-state index is 11.6. The molecule has 2 aromatic rings. The molecule has 0 bridgehead atoms. The van der Waals surface area contributed by atoms with E-state index in [1.165, 1.54) is 12.1 Å². The molecule has 2 amide bonds. The number of aromatic carboxylic acids is 1. The second kappa shape index (κ2) is 5.88. The van der Waals surface area contributed by atoms with Crippen LogP contribution in [0.15, 0.2) is 18.2 Å². The predicted octanol–water partition coefficient (Wildman–Crippen LogP) is 1.88. The number of carboxylic acid groups (broad SMARTS) is 1. The Morgan fingerprint density at radius 1 is 1.32 bits per heavy atom. The van der Waals surface area contributed by atoms with Crippen LogP contribution in [0.4, 0.5) is 15.6 Å². The van der Waals surface area contributed by atoms with Gasteiger partial charge in [0.1, 0.15) is 0 Å². The lowest BCUT2D eigenvalue weighted by molar-refractivity contribution is 0.0698. The minimum Gasteiger partial charge on any atom is -0.478 e. The SMILES string of the molecule is O=C(Nc1nnns1)Nc1ccc(I)cc1C(=O)O. The Morgan fingerprint density at radius 3 is 2.74 bits per heavy atom. The zero-order valence-electron chi connectivity index (χ0n) is 9.12. The molecule has 0 saturated carbocycles. The molecule has 0 aliphatic carbocycles. The highest BCUT2D eigenvalue weighted by molar-refractivity contribution is 14.1. The molecule has 2 rings (SSSR count). The summed E-state index contributed by atoms with van der Waals surface area (Å²) in [5, 5.41) is 21.0. The lowest BCUT2D eigenvalue weighted by atomic mass is 10.2. The molecule has 1 aromatic carbocycles. The zero-order chi connectivity index (χ0) is 13.8. The van der Waals surface area contributed by atoms with Crippen LogP contribution in [0.1, 0.15) is 10.4 Å². The molecule has 10 heteroatoms. The molecule has 1 aromatic heterocycles. The number of hydrogen-bond acceptors (Lipinski definition) is 6. The van der Waals surface area contributed by atoms with Gasteiger partial charge < -0.3 is 10.4 Å². The highest BCUT2D eigenvalue weighted by Crippen LogP contribution is 2.19. The van der Waals surface area contributed by atoms with Crippen molar-refractivity contribution in [2.75, 3.05) is 10.6 Å². The molecule has 0 unspecified atom stereocenters. The van der Waals surface area contributed by atoms with E-state index in [2.05, 4.69) is 25.4 Å². The van der Waals surface area contributed by atoms with E-state index in [0.29, 0.717) is 0 Å². The Kier molecular flexibility index (Phi) is 4.21. The summed E-state index contributed by atoms with van der Waals surface area (Å²) < 4.78 is 4.24. The molecule has 8 nitrogen and oxygen atoms in total. The van der Waals surface area contributed by atoms with Crippen LogP contribution in [0.2, 0.25) is 0 Å². The Labute approximate surface area is 124 Å². The highest BCUT2D eigenvalue weighted by Gasteiger charge is 2.13. The number of halogens is 1. The minimum atomic E-state index is -1.12. The normalized spacial score (nSPS) is 9.95. The van der Waals surface area contributed by atoms with Gasteiger partial charge in [-0.2, -0.15) is 0 Å². The fourth-order valence-electron chi connectivity index (χ4n) is 1.23. The minimum absolute atomic E-state index is 0.0115. The topological polar surface area (TPSA) is 117 Å². The molecule has 0 spiro atoms. The van der Waals surface area contributed by atoms with Gasteiger partial charge in [0, 0.05) is 15.1 Å². The van der Waals surface area contributed by atoms with Crippen LogP contribution in [0.5, 0.6) is 0 Å². The summed E-state index contributed by atoms with van der Waals surface area (Å²) >= 11 is 2.90. The number of amides is 2. The van der Waals surface area contributed by atoms with Crippen molar-refractivity contribution < 1.29 is 14.7 Å². The van der Waals surface area contributed by atoms with E-state index in [4.69, 9.17) is 5.11 Å². The van der Waals surface area contributed by atoms with Gasteiger partial charge in [0.2, 0.25) is 5.13 Å². The molecule has 1 heterocycles. The lowest BCUT2D eigenvalue weighted by Gasteiger charge is -2.08. The van der Waals surface area contributed by atoms with Gasteiger partial charge in [-0.15, -0.1) is 0 Å². The first-order valence-corrected chi connectivity index (χ1v) is 6.67. The largest absolute Gasteiger partial charge is 0.478 e. The molecular weight excluding hydrogens is 385 g/mol. The Balaban J connectivity index is 2.14. The molecule has 0 aliphatic rings. The fourth-order valence-corrected chi connectivity index (χ4v) is 2.09. The van der Waals surface area contributed by atoms with Crippen LogP contribution in [0.3, 0.4) is 0 Å². The van der Waals surface area contributed by atoms with Gasteiger partial charge in [-0.3, -0.25) is 5.32 Å². The van der Waals surface area contributed by atoms with E-state index in [1.54, 1.807) is 6.07 Å². The Hall–Kier alpha value is -1.82. The third-order valence-corrected chi connectivity index (χ3v) is 3.16. The molecule has 98 valence electrons. The standard InChI is InChI=1S/C9H6IN5O3S/c10-4-1-2-6(5(3-4)7(16)17)11-8(18)12-9-13-14-15-19-9/h1-3H,(H,16,17)(H2,11,12,13,15,18). The van der Waals surface area contributed by atoms with Crippen molar-refractivity contribution in [2.45, 2.75) is 0 Å². The number of carboxylic acids is 1. The third-order valence-electron chi connectivity index (χ3n) is 1.98. The molecule has 0 fully saturated rings. The Bertz CT molecular complexity index is 618. The summed E-state index contributed by atoms with van der Waals surface area (Å²) in [5.74, 6) is -1.12. The second-order valence-electron chi connectivity index (χ2n) is 3.24. The van der Waals surface area contributed by atoms with Crippen LogP contribution in [-0.2, 0) is 0 Å². The maximum Gasteiger partial charge on any atom is 0.337 e. The summed E-state index contributed by atoms with van der Waals surface area (Å²) in [5.41, 5.74) is 0.209. The number of anilines is 2. The lowest BCUT2D eigenvalue weighted by Crippen LogP contribution is -2.21. The monoisotopic (exact) mass is 391 g/mol. The van der Waals surface area contributed by atoms with Crippen molar-refractivity contribution in [2.24, 2.45) is 0 Å². The average Bonchev–Trinajstić information content (AvgIpc) is 2.83. The van der Waals surface area contributed by atoms with Gasteiger partial charge in [0.25, 0.3) is 0 Å². The molecular formula is C9H6IN5O3S. The van der Waals surface area contributed by atoms with Crippen LogP contribution >= 0.6 is 34.1 Å². The molecule has 3 N–H and O–H groups in total. The van der Waals surface area contributed by atoms with Crippen molar-refractivity contribution >= 4 is 56.9 Å². The van der Waals surface area contributed by atoms with E-state index >= 15 is 0 Å². The number of benzene rings is 1. The van der Waals surface area contributed by atoms with Gasteiger partial charge in [0.15, 0.2) is 0 Å². The van der Waals surface area contributed by atoms with E-state index < -0.39 is 12.0 Å². The van der Waals surface area contributed by atoms with Crippen LogP contribution < -0.4 is 10.6 Å². The zero-order valence-corrected chi connectivity index (χ0v) is 12.1. The van der Waals surface area contributed by atoms with Crippen molar-refractivity contribution in [1.82, 2.24) is 14.8 Å². The van der Waals surface area contributed by atoms with E-state index in [-0.39, 0.29) is 16.4 Å². The third kappa shape index (κ3) is 3.57. The molecule has 19 heavy (non-hydrogen) atoms. The van der Waals surface area contributed by atoms with Crippen molar-refractivity contribution in [1.29, 1.82) is 0 Å². The van der Waals surface area contributed by atoms with Gasteiger partial charge in [-0.05, 0) is 46.0 Å². The molecule has 0 atom stereocenters. The van der Waals surface area contributed by atoms with Gasteiger partial charge >= 0.3 is 12.0 Å². The van der Waals surface area contributed by atoms with Crippen LogP contribution in [0, 0.1) is 3.57 Å². The highest BCUT2D eigenvalue weighted by atomic mass is 127. The summed E-state index contributed by atoms with van der Waals surface area (Å²) in [7, 11) is 0. The van der Waals surface area contributed by atoms with Gasteiger partial charge in [-0.25, -0.2) is 9.59 Å². The number of carbonyl (C=O) groups excluding carboxylic acids is 1. The number of aromatic nitrogens is 3. The number of nitrogens with one attached hydrogen (secondary N) is 2. The summed E-state index contributed by atoms with van der Waals surface area (Å²) in [6.45, 7) is 0. The molecule has 0 radical (unpaired) electrons. The molecule has 0 saturated heterocycles. The van der Waals surface area contributed by atoms with E-state index in [9.17, 15) is 9.59 Å². The molecule has 0 aliphatic heterocycles. The van der Waals surface area contributed by atoms with E-state index in [0.717, 1.165) is 15.1 Å². The van der Waals surface area contributed by atoms with Crippen LogP contribution in [-0.4, -0.2) is 31.9 Å². The summed E-state index contributed by atoms with van der Waals surface area (Å²) in [4.78, 5) is 22.7. The summed E-state index contributed by atoms with van der Waals surface area (Å²) in [6.07, 6.45) is 0. The first-order chi connectivity index (χ1) is 9.06. The van der Waals surface area contributed by atoms with Gasteiger partial charge in [0.05, 0.1) is 11.3 Å². The van der Waals surface area contributed by atoms with Gasteiger partial charge in [-0.1, -0.05) is 9.59 Å².